The van der Waals surface area contributed by atoms with Gasteiger partial charge in [0.25, 0.3) is 11.8 Å². The van der Waals surface area contributed by atoms with Crippen LogP contribution in [0.4, 0.5) is 0 Å². The zero-order valence-corrected chi connectivity index (χ0v) is 18.9. The summed E-state index contributed by atoms with van der Waals surface area (Å²) in [6.07, 6.45) is -0.214. The monoisotopic (exact) mass is 468 g/mol. The predicted octanol–water partition coefficient (Wildman–Crippen LogP) is 0.441. The largest absolute Gasteiger partial charge is 0.493 e. The number of nitrogens with two attached hydrogens (primary N) is 1. The van der Waals surface area contributed by atoms with Crippen molar-refractivity contribution in [1.29, 1.82) is 0 Å². The molecule has 3 aliphatic heterocycles. The van der Waals surface area contributed by atoms with E-state index in [1.165, 1.54) is 13.2 Å². The lowest BCUT2D eigenvalue weighted by Gasteiger charge is -2.21. The maximum Gasteiger partial charge on any atom is 0.258 e. The molecule has 10 nitrogen and oxygen atoms in total. The minimum Gasteiger partial charge on any atom is -0.493 e. The Balaban J connectivity index is 1.64. The lowest BCUT2D eigenvalue weighted by atomic mass is 10.1. The summed E-state index contributed by atoms with van der Waals surface area (Å²) in [5, 5.41) is 5.78. The zero-order chi connectivity index (χ0) is 24.1. The molecule has 10 heteroatoms. The highest BCUT2D eigenvalue weighted by atomic mass is 16.5. The molecular formula is C24H28N4O6. The second-order valence-corrected chi connectivity index (χ2v) is 8.15. The van der Waals surface area contributed by atoms with Gasteiger partial charge < -0.3 is 35.5 Å². The fraction of sp³-hybridized carbons (Fsp3) is 0.375. The molecule has 2 aromatic rings. The van der Waals surface area contributed by atoms with Gasteiger partial charge in [-0.05, 0) is 35.9 Å². The van der Waals surface area contributed by atoms with Gasteiger partial charge >= 0.3 is 0 Å². The van der Waals surface area contributed by atoms with Crippen LogP contribution in [0.1, 0.15) is 22.3 Å². The molecule has 3 amide bonds. The molecule has 3 heterocycles. The van der Waals surface area contributed by atoms with Crippen LogP contribution < -0.4 is 30.6 Å². The van der Waals surface area contributed by atoms with E-state index in [4.69, 9.17) is 19.9 Å². The molecule has 2 atom stereocenters. The van der Waals surface area contributed by atoms with E-state index in [1.54, 1.807) is 29.2 Å². The minimum absolute atomic E-state index is 0.0822. The Morgan fingerprint density at radius 2 is 1.97 bits per heavy atom. The number of fused-ring (bicyclic) bond motifs is 7. The molecule has 0 saturated carbocycles. The summed E-state index contributed by atoms with van der Waals surface area (Å²) in [5.41, 5.74) is 6.77. The molecule has 0 unspecified atom stereocenters. The Bertz CT molecular complexity index is 1060. The Kier molecular flexibility index (Phi) is 7.17. The maximum atomic E-state index is 13.1. The summed E-state index contributed by atoms with van der Waals surface area (Å²) in [4.78, 5) is 39.5. The molecule has 0 aliphatic carbocycles. The summed E-state index contributed by atoms with van der Waals surface area (Å²) in [6.45, 7) is 0.993. The van der Waals surface area contributed by atoms with Crippen molar-refractivity contribution in [2.45, 2.75) is 25.1 Å². The van der Waals surface area contributed by atoms with E-state index in [-0.39, 0.29) is 43.0 Å². The number of rotatable bonds is 3. The van der Waals surface area contributed by atoms with Crippen molar-refractivity contribution in [2.24, 2.45) is 5.73 Å². The van der Waals surface area contributed by atoms with Crippen LogP contribution in [-0.2, 0) is 16.1 Å². The van der Waals surface area contributed by atoms with Crippen LogP contribution in [0.5, 0.6) is 17.2 Å². The van der Waals surface area contributed by atoms with Gasteiger partial charge in [0.05, 0.1) is 19.7 Å². The zero-order valence-electron chi connectivity index (χ0n) is 18.9. The first kappa shape index (κ1) is 23.4. The van der Waals surface area contributed by atoms with Crippen molar-refractivity contribution in [3.63, 3.8) is 0 Å². The topological polar surface area (TPSA) is 132 Å². The molecule has 4 bridgehead atoms. The number of carbonyl (C=O) groups excluding carboxylic acids is 3. The van der Waals surface area contributed by atoms with Crippen LogP contribution in [0.25, 0.3) is 0 Å². The molecule has 0 spiro atoms. The first-order chi connectivity index (χ1) is 16.5. The number of nitrogens with one attached hydrogen (secondary N) is 2. The van der Waals surface area contributed by atoms with Crippen LogP contribution in [0, 0.1) is 0 Å². The number of hydrogen-bond acceptors (Lipinski definition) is 7. The molecule has 2 aromatic carbocycles. The molecule has 180 valence electrons. The van der Waals surface area contributed by atoms with E-state index in [2.05, 4.69) is 10.6 Å². The van der Waals surface area contributed by atoms with E-state index in [0.29, 0.717) is 36.7 Å². The van der Waals surface area contributed by atoms with Crippen molar-refractivity contribution >= 4 is 17.7 Å². The molecule has 34 heavy (non-hydrogen) atoms. The van der Waals surface area contributed by atoms with Gasteiger partial charge in [0.1, 0.15) is 11.9 Å². The SMILES string of the molecule is COc1ccc2cc1OCC(=O)NCc1ccc(cc1)O[C@H]1CN(C(=O)CCN)C[C@@H]1NC2=O. The van der Waals surface area contributed by atoms with Crippen LogP contribution in [-0.4, -0.2) is 68.1 Å². The third-order valence-electron chi connectivity index (χ3n) is 5.78. The maximum absolute atomic E-state index is 13.1. The van der Waals surface area contributed by atoms with E-state index < -0.39 is 12.1 Å². The number of ether oxygens (including phenoxy) is 3. The average Bonchev–Trinajstić information content (AvgIpc) is 3.23. The van der Waals surface area contributed by atoms with Crippen molar-refractivity contribution in [2.75, 3.05) is 33.4 Å². The molecule has 4 N–H and O–H groups in total. The van der Waals surface area contributed by atoms with E-state index in [1.807, 2.05) is 12.1 Å². The van der Waals surface area contributed by atoms with Crippen LogP contribution in [0.3, 0.4) is 0 Å². The predicted molar refractivity (Wildman–Crippen MR) is 123 cm³/mol. The summed E-state index contributed by atoms with van der Waals surface area (Å²) in [5.74, 6) is 0.533. The average molecular weight is 469 g/mol. The van der Waals surface area contributed by atoms with Gasteiger partial charge in [-0.25, -0.2) is 0 Å². The molecule has 5 rings (SSSR count). The highest BCUT2D eigenvalue weighted by Gasteiger charge is 2.37. The van der Waals surface area contributed by atoms with Crippen molar-refractivity contribution in [3.05, 3.63) is 53.6 Å². The summed E-state index contributed by atoms with van der Waals surface area (Å²) >= 11 is 0. The first-order valence-electron chi connectivity index (χ1n) is 11.1. The van der Waals surface area contributed by atoms with Crippen LogP contribution in [0.2, 0.25) is 0 Å². The number of nitrogens with zero attached hydrogens (tertiary/aromatic N) is 1. The van der Waals surface area contributed by atoms with E-state index >= 15 is 0 Å². The highest BCUT2D eigenvalue weighted by molar-refractivity contribution is 5.95. The Morgan fingerprint density at radius 3 is 2.71 bits per heavy atom. The molecule has 1 saturated heterocycles. The van der Waals surface area contributed by atoms with Crippen LogP contribution in [0.15, 0.2) is 42.5 Å². The van der Waals surface area contributed by atoms with Gasteiger partial charge in [0.2, 0.25) is 5.91 Å². The number of likely N-dealkylation sites (tertiary alicyclic amines) is 1. The van der Waals surface area contributed by atoms with Crippen molar-refractivity contribution < 1.29 is 28.6 Å². The van der Waals surface area contributed by atoms with Crippen molar-refractivity contribution in [1.82, 2.24) is 15.5 Å². The third kappa shape index (κ3) is 5.40. The summed E-state index contributed by atoms with van der Waals surface area (Å²) < 4.78 is 17.1. The second-order valence-electron chi connectivity index (χ2n) is 8.15. The molecule has 0 radical (unpaired) electrons. The molecular weight excluding hydrogens is 440 g/mol. The fourth-order valence-electron chi connectivity index (χ4n) is 3.96. The fourth-order valence-corrected chi connectivity index (χ4v) is 3.96. The third-order valence-corrected chi connectivity index (χ3v) is 5.78. The smallest absolute Gasteiger partial charge is 0.258 e. The highest BCUT2D eigenvalue weighted by Crippen LogP contribution is 2.28. The number of amides is 3. The van der Waals surface area contributed by atoms with Gasteiger partial charge in [-0.2, -0.15) is 0 Å². The number of methoxy groups -OCH3 is 1. The summed E-state index contributed by atoms with van der Waals surface area (Å²) in [7, 11) is 1.48. The quantitative estimate of drug-likeness (QED) is 0.596. The molecule has 0 aromatic heterocycles. The lowest BCUT2D eigenvalue weighted by Crippen LogP contribution is -2.45. The number of hydrogen-bond donors (Lipinski definition) is 3. The van der Waals surface area contributed by atoms with E-state index in [0.717, 1.165) is 5.56 Å². The van der Waals surface area contributed by atoms with Gasteiger partial charge in [0.15, 0.2) is 18.1 Å². The Labute approximate surface area is 197 Å². The number of benzene rings is 2. The molecule has 3 aliphatic rings. The van der Waals surface area contributed by atoms with Gasteiger partial charge in [0, 0.05) is 31.6 Å². The van der Waals surface area contributed by atoms with E-state index in [9.17, 15) is 14.4 Å². The van der Waals surface area contributed by atoms with Gasteiger partial charge in [-0.1, -0.05) is 12.1 Å². The minimum atomic E-state index is -0.444. The lowest BCUT2D eigenvalue weighted by molar-refractivity contribution is -0.130. The van der Waals surface area contributed by atoms with Gasteiger partial charge in [-0.3, -0.25) is 14.4 Å². The second kappa shape index (κ2) is 10.4. The Morgan fingerprint density at radius 1 is 1.18 bits per heavy atom. The standard InChI is InChI=1S/C24H28N4O6/c1-32-19-7-4-16-10-20(19)33-14-22(29)26-11-15-2-5-17(6-3-15)34-21-13-28(23(30)8-9-25)12-18(21)27-24(16)31/h2-7,10,18,21H,8-9,11-14,25H2,1H3,(H,26,29)(H,27,31)/t18-,21-/m0/s1. The molecule has 1 fully saturated rings. The Hall–Kier alpha value is -3.79. The summed E-state index contributed by atoms with van der Waals surface area (Å²) in [6, 6.07) is 11.6. The van der Waals surface area contributed by atoms with Crippen molar-refractivity contribution in [3.8, 4) is 17.2 Å². The number of carbonyl (C=O) groups is 3. The normalized spacial score (nSPS) is 20.4. The first-order valence-corrected chi connectivity index (χ1v) is 11.1. The van der Waals surface area contributed by atoms with Crippen LogP contribution >= 0.6 is 0 Å². The van der Waals surface area contributed by atoms with Gasteiger partial charge in [-0.15, -0.1) is 0 Å².